The number of methoxy groups -OCH3 is 2. The van der Waals surface area contributed by atoms with Crippen LogP contribution in [0.15, 0.2) is 60.6 Å². The molecule has 0 bridgehead atoms. The lowest BCUT2D eigenvalue weighted by Crippen LogP contribution is -2.53. The van der Waals surface area contributed by atoms with E-state index in [2.05, 4.69) is 65.0 Å². The fourth-order valence-corrected chi connectivity index (χ4v) is 6.91. The number of carbonyl (C=O) groups excluding carboxylic acids is 1. The average molecular weight is 513 g/mol. The fraction of sp³-hybridized carbons (Fsp3) is 0.419. The van der Waals surface area contributed by atoms with Crippen molar-refractivity contribution < 1.29 is 14.3 Å². The monoisotopic (exact) mass is 512 g/mol. The molecule has 0 unspecified atom stereocenters. The van der Waals surface area contributed by atoms with Crippen LogP contribution in [-0.4, -0.2) is 65.1 Å². The van der Waals surface area contributed by atoms with E-state index >= 15 is 0 Å². The number of urea groups is 1. The molecule has 38 heavy (non-hydrogen) atoms. The first-order chi connectivity index (χ1) is 18.5. The number of aromatic nitrogens is 1. The number of hydrogen-bond donors (Lipinski definition) is 0. The second-order valence-corrected chi connectivity index (χ2v) is 10.7. The van der Waals surface area contributed by atoms with Gasteiger partial charge in [0.2, 0.25) is 0 Å². The molecule has 0 N–H and O–H groups in total. The van der Waals surface area contributed by atoms with E-state index in [1.54, 1.807) is 14.2 Å². The summed E-state index contributed by atoms with van der Waals surface area (Å²) in [6.45, 7) is 8.33. The van der Waals surface area contributed by atoms with Crippen molar-refractivity contribution in [2.24, 2.45) is 0 Å². The summed E-state index contributed by atoms with van der Waals surface area (Å²) in [6, 6.07) is 12.7. The first-order valence-electron chi connectivity index (χ1n) is 13.6. The van der Waals surface area contributed by atoms with Gasteiger partial charge in [0.1, 0.15) is 11.5 Å². The molecule has 7 nitrogen and oxygen atoms in total. The van der Waals surface area contributed by atoms with E-state index in [-0.39, 0.29) is 17.5 Å². The third-order valence-corrected chi connectivity index (χ3v) is 8.76. The number of allylic oxidation sites excluding steroid dienone is 1. The van der Waals surface area contributed by atoms with Gasteiger partial charge in [0.05, 0.1) is 26.3 Å². The third kappa shape index (κ3) is 3.83. The van der Waals surface area contributed by atoms with E-state index < -0.39 is 0 Å². The smallest absolute Gasteiger partial charge is 0.325 e. The molecule has 198 valence electrons. The van der Waals surface area contributed by atoms with E-state index in [0.717, 1.165) is 60.8 Å². The van der Waals surface area contributed by atoms with Crippen LogP contribution in [0, 0.1) is 0 Å². The number of benzene rings is 2. The predicted octanol–water partition coefficient (Wildman–Crippen LogP) is 5.55. The second-order valence-electron chi connectivity index (χ2n) is 10.7. The molecule has 4 heterocycles. The van der Waals surface area contributed by atoms with Gasteiger partial charge in [-0.15, -0.1) is 0 Å². The summed E-state index contributed by atoms with van der Waals surface area (Å²) in [6.07, 6.45) is 7.97. The Morgan fingerprint density at radius 3 is 2.66 bits per heavy atom. The quantitative estimate of drug-likeness (QED) is 0.449. The lowest BCUT2D eigenvalue weighted by Gasteiger charge is -2.44. The van der Waals surface area contributed by atoms with Crippen molar-refractivity contribution in [2.45, 2.75) is 51.2 Å². The molecule has 0 saturated carbocycles. The lowest BCUT2D eigenvalue weighted by molar-refractivity contribution is 0.0890. The normalized spacial score (nSPS) is 20.8. The summed E-state index contributed by atoms with van der Waals surface area (Å²) < 4.78 is 11.3. The number of amides is 2. The predicted molar refractivity (Wildman–Crippen MR) is 148 cm³/mol. The molecular formula is C31H36N4O3. The van der Waals surface area contributed by atoms with Crippen molar-refractivity contribution in [1.82, 2.24) is 19.7 Å². The highest BCUT2D eigenvalue weighted by Gasteiger charge is 2.54. The number of nitrogens with zero attached hydrogens (tertiary/aromatic N) is 4. The number of rotatable bonds is 5. The molecular weight excluding hydrogens is 476 g/mol. The van der Waals surface area contributed by atoms with Crippen molar-refractivity contribution in [3.8, 4) is 11.5 Å². The van der Waals surface area contributed by atoms with Gasteiger partial charge in [-0.05, 0) is 48.4 Å². The van der Waals surface area contributed by atoms with Crippen LogP contribution >= 0.6 is 0 Å². The number of piperidine rings is 1. The molecule has 1 atom stereocenters. The molecule has 0 radical (unpaired) electrons. The van der Waals surface area contributed by atoms with Crippen molar-refractivity contribution in [1.29, 1.82) is 0 Å². The Balaban J connectivity index is 1.31. The summed E-state index contributed by atoms with van der Waals surface area (Å²) in [7, 11) is 3.37. The highest BCUT2D eigenvalue weighted by atomic mass is 16.5. The summed E-state index contributed by atoms with van der Waals surface area (Å²) in [5.41, 5.74) is 4.44. The minimum Gasteiger partial charge on any atom is -0.497 e. The molecule has 2 fully saturated rings. The van der Waals surface area contributed by atoms with E-state index in [1.807, 2.05) is 23.4 Å². The molecule has 2 saturated heterocycles. The zero-order chi connectivity index (χ0) is 26.4. The van der Waals surface area contributed by atoms with Crippen molar-refractivity contribution in [3.63, 3.8) is 0 Å². The topological polar surface area (TPSA) is 58.1 Å². The van der Waals surface area contributed by atoms with Gasteiger partial charge < -0.3 is 14.4 Å². The fourth-order valence-electron chi connectivity index (χ4n) is 6.91. The molecule has 3 aromatic rings. The highest BCUT2D eigenvalue weighted by Crippen LogP contribution is 2.49. The van der Waals surface area contributed by atoms with E-state index in [0.29, 0.717) is 13.1 Å². The number of likely N-dealkylation sites (tertiary alicyclic amines) is 1. The van der Waals surface area contributed by atoms with Gasteiger partial charge in [-0.25, -0.2) is 4.79 Å². The summed E-state index contributed by atoms with van der Waals surface area (Å²) in [5.74, 6) is 1.69. The van der Waals surface area contributed by atoms with Crippen molar-refractivity contribution in [3.05, 3.63) is 77.3 Å². The molecule has 7 heteroatoms. The molecule has 0 aliphatic carbocycles. The van der Waals surface area contributed by atoms with Crippen molar-refractivity contribution >= 4 is 16.8 Å². The highest BCUT2D eigenvalue weighted by molar-refractivity contribution is 5.85. The van der Waals surface area contributed by atoms with Crippen LogP contribution in [0.5, 0.6) is 11.5 Å². The Kier molecular flexibility index (Phi) is 6.26. The van der Waals surface area contributed by atoms with Crippen LogP contribution in [-0.2, 0) is 13.1 Å². The van der Waals surface area contributed by atoms with Gasteiger partial charge in [0, 0.05) is 67.2 Å². The maximum absolute atomic E-state index is 13.9. The molecule has 1 aromatic heterocycles. The van der Waals surface area contributed by atoms with Gasteiger partial charge in [0.25, 0.3) is 0 Å². The Bertz CT molecular complexity index is 1400. The van der Waals surface area contributed by atoms with Crippen LogP contribution < -0.4 is 9.47 Å². The zero-order valence-corrected chi connectivity index (χ0v) is 22.7. The standard InChI is InChI=1S/C31H36N4O3/c1-5-35-30(36)34-20-24-16-25(37-3)17-27(38-4)29(24)21(2)15-28(34)31(35)10-13-33(14-11-31)19-23-8-6-7-22-18-32-12-9-26(22)23/h6-9,12,15-18,21H,5,10-11,13-14,19-20H2,1-4H3/t21-/m1/s1. The Morgan fingerprint density at radius 1 is 1.11 bits per heavy atom. The number of pyridine rings is 1. The summed E-state index contributed by atoms with van der Waals surface area (Å²) >= 11 is 0. The maximum atomic E-state index is 13.9. The van der Waals surface area contributed by atoms with Gasteiger partial charge in [-0.2, -0.15) is 0 Å². The van der Waals surface area contributed by atoms with Gasteiger partial charge >= 0.3 is 6.03 Å². The molecule has 6 rings (SSSR count). The van der Waals surface area contributed by atoms with Crippen molar-refractivity contribution in [2.75, 3.05) is 33.9 Å². The summed E-state index contributed by atoms with van der Waals surface area (Å²) in [5, 5.41) is 2.44. The van der Waals surface area contributed by atoms with Crippen LogP contribution in [0.4, 0.5) is 4.79 Å². The van der Waals surface area contributed by atoms with Crippen LogP contribution in [0.3, 0.4) is 0 Å². The molecule has 2 aromatic carbocycles. The van der Waals surface area contributed by atoms with E-state index in [9.17, 15) is 4.79 Å². The van der Waals surface area contributed by atoms with Gasteiger partial charge in [0.15, 0.2) is 0 Å². The molecule has 3 aliphatic rings. The van der Waals surface area contributed by atoms with Gasteiger partial charge in [-0.1, -0.05) is 31.2 Å². The third-order valence-electron chi connectivity index (χ3n) is 8.76. The first kappa shape index (κ1) is 24.7. The number of likely N-dealkylation sites (N-methyl/N-ethyl adjacent to an activating group) is 1. The van der Waals surface area contributed by atoms with Crippen LogP contribution in [0.1, 0.15) is 49.3 Å². The number of carbonyl (C=O) groups is 1. The minimum atomic E-state index is -0.279. The van der Waals surface area contributed by atoms with Crippen LogP contribution in [0.2, 0.25) is 0 Å². The van der Waals surface area contributed by atoms with E-state index in [4.69, 9.17) is 9.47 Å². The molecule has 3 aliphatic heterocycles. The minimum absolute atomic E-state index is 0.107. The zero-order valence-electron chi connectivity index (χ0n) is 22.7. The Morgan fingerprint density at radius 2 is 1.92 bits per heavy atom. The van der Waals surface area contributed by atoms with Crippen LogP contribution in [0.25, 0.3) is 10.8 Å². The maximum Gasteiger partial charge on any atom is 0.325 e. The molecule has 2 amide bonds. The lowest BCUT2D eigenvalue weighted by atomic mass is 9.82. The first-order valence-corrected chi connectivity index (χ1v) is 13.6. The van der Waals surface area contributed by atoms with Gasteiger partial charge in [-0.3, -0.25) is 14.8 Å². The summed E-state index contributed by atoms with van der Waals surface area (Å²) in [4.78, 5) is 24.8. The number of fused-ring (bicyclic) bond motifs is 4. The Labute approximate surface area is 224 Å². The Hall–Kier alpha value is -3.58. The second kappa shape index (κ2) is 9.62. The SMILES string of the molecule is CCN1C(=O)N2Cc3cc(OC)cc(OC)c3[C@H](C)C=C2C12CCN(Cc1cccc3cnccc13)CC2. The average Bonchev–Trinajstić information content (AvgIpc) is 3.04. The van der Waals surface area contributed by atoms with E-state index in [1.165, 1.54) is 16.3 Å². The largest absolute Gasteiger partial charge is 0.497 e. The molecule has 1 spiro atoms. The number of ether oxygens (including phenoxy) is 2. The number of hydrogen-bond acceptors (Lipinski definition) is 5.